The van der Waals surface area contributed by atoms with Crippen molar-refractivity contribution >= 4 is 27.1 Å². The van der Waals surface area contributed by atoms with Crippen LogP contribution >= 0.6 is 11.3 Å². The Hall–Kier alpha value is -0.990. The number of aryl methyl sites for hydroxylation is 1. The molecule has 1 atom stereocenters. The molecule has 0 radical (unpaired) electrons. The van der Waals surface area contributed by atoms with Gasteiger partial charge in [-0.15, -0.1) is 11.3 Å². The van der Waals surface area contributed by atoms with E-state index >= 15 is 0 Å². The van der Waals surface area contributed by atoms with Gasteiger partial charge in [0.15, 0.2) is 9.84 Å². The van der Waals surface area contributed by atoms with Crippen molar-refractivity contribution in [3.05, 3.63) is 16.1 Å². The van der Waals surface area contributed by atoms with Gasteiger partial charge in [0.2, 0.25) is 0 Å². The first-order valence-electron chi connectivity index (χ1n) is 6.49. The molecular formula is C12H18N2O4S2. The molecule has 0 aromatic carbocycles. The number of hydrogen-bond acceptors (Lipinski definition) is 6. The second-order valence-electron chi connectivity index (χ2n) is 4.94. The summed E-state index contributed by atoms with van der Waals surface area (Å²) in [5.41, 5.74) is 0.817. The van der Waals surface area contributed by atoms with E-state index in [0.717, 1.165) is 17.1 Å². The fraction of sp³-hybridized carbons (Fsp3) is 0.667. The molecule has 1 saturated heterocycles. The second-order valence-corrected chi connectivity index (χ2v) is 8.11. The number of aromatic nitrogens is 1. The molecule has 0 aliphatic carbocycles. The zero-order valence-corrected chi connectivity index (χ0v) is 12.9. The number of hydrogen-bond donors (Lipinski definition) is 1. The summed E-state index contributed by atoms with van der Waals surface area (Å²) in [6.07, 6.45) is 1.35. The van der Waals surface area contributed by atoms with E-state index in [0.29, 0.717) is 13.0 Å². The van der Waals surface area contributed by atoms with Crippen molar-refractivity contribution in [2.45, 2.75) is 32.4 Å². The smallest absolute Gasteiger partial charge is 0.317 e. The largest absolute Gasteiger partial charge is 0.480 e. The molecule has 0 bridgehead atoms. The van der Waals surface area contributed by atoms with E-state index < -0.39 is 15.8 Å². The lowest BCUT2D eigenvalue weighted by Crippen LogP contribution is -2.39. The molecular weight excluding hydrogens is 300 g/mol. The summed E-state index contributed by atoms with van der Waals surface area (Å²) in [5, 5.41) is 11.9. The molecule has 1 N–H and O–H groups in total. The second kappa shape index (κ2) is 6.19. The van der Waals surface area contributed by atoms with Gasteiger partial charge in [-0.3, -0.25) is 9.69 Å². The van der Waals surface area contributed by atoms with Crippen LogP contribution in [0.15, 0.2) is 5.38 Å². The normalized spacial score (nSPS) is 21.4. The van der Waals surface area contributed by atoms with Gasteiger partial charge >= 0.3 is 5.97 Å². The first kappa shape index (κ1) is 15.4. The summed E-state index contributed by atoms with van der Waals surface area (Å²) >= 11 is 1.55. The van der Waals surface area contributed by atoms with Crippen LogP contribution in [0.25, 0.3) is 0 Å². The lowest BCUT2D eigenvalue weighted by molar-refractivity contribution is -0.139. The van der Waals surface area contributed by atoms with E-state index in [9.17, 15) is 13.2 Å². The third kappa shape index (κ3) is 4.00. The summed E-state index contributed by atoms with van der Waals surface area (Å²) in [6.45, 7) is 2.25. The van der Waals surface area contributed by atoms with E-state index in [-0.39, 0.29) is 24.1 Å². The van der Waals surface area contributed by atoms with Crippen molar-refractivity contribution < 1.29 is 18.3 Å². The minimum Gasteiger partial charge on any atom is -0.480 e. The number of carbonyl (C=O) groups is 1. The van der Waals surface area contributed by atoms with Crippen LogP contribution in [0, 0.1) is 0 Å². The molecule has 2 heterocycles. The molecule has 0 amide bonds. The minimum atomic E-state index is -3.02. The molecule has 8 heteroatoms. The number of rotatable bonds is 6. The summed E-state index contributed by atoms with van der Waals surface area (Å²) in [4.78, 5) is 17.1. The summed E-state index contributed by atoms with van der Waals surface area (Å²) in [6, 6.07) is -0.220. The molecule has 20 heavy (non-hydrogen) atoms. The molecule has 0 spiro atoms. The third-order valence-electron chi connectivity index (χ3n) is 3.33. The lowest BCUT2D eigenvalue weighted by Gasteiger charge is -2.25. The third-order valence-corrected chi connectivity index (χ3v) is 6.12. The van der Waals surface area contributed by atoms with Gasteiger partial charge in [0.05, 0.1) is 28.8 Å². The highest BCUT2D eigenvalue weighted by molar-refractivity contribution is 7.91. The van der Waals surface area contributed by atoms with Crippen LogP contribution < -0.4 is 0 Å². The van der Waals surface area contributed by atoms with Gasteiger partial charge in [0.1, 0.15) is 0 Å². The number of thiazole rings is 1. The van der Waals surface area contributed by atoms with Crippen molar-refractivity contribution in [2.75, 3.05) is 18.1 Å². The van der Waals surface area contributed by atoms with Crippen LogP contribution in [0.5, 0.6) is 0 Å². The van der Waals surface area contributed by atoms with Crippen molar-refractivity contribution in [1.29, 1.82) is 0 Å². The quantitative estimate of drug-likeness (QED) is 0.834. The standard InChI is InChI=1S/C12H18N2O4S2/c1-2-11-13-9(7-19-11)5-14(6-12(15)16)10-3-4-20(17,18)8-10/h7,10H,2-6,8H2,1H3,(H,15,16). The summed E-state index contributed by atoms with van der Waals surface area (Å²) < 4.78 is 23.1. The van der Waals surface area contributed by atoms with Crippen LogP contribution in [0.2, 0.25) is 0 Å². The SMILES string of the molecule is CCc1nc(CN(CC(=O)O)C2CCS(=O)(=O)C2)cs1. The number of nitrogens with zero attached hydrogens (tertiary/aromatic N) is 2. The Morgan fingerprint density at radius 3 is 2.85 bits per heavy atom. The van der Waals surface area contributed by atoms with Gasteiger partial charge in [0, 0.05) is 18.0 Å². The van der Waals surface area contributed by atoms with Gasteiger partial charge in [-0.1, -0.05) is 6.92 Å². The van der Waals surface area contributed by atoms with Crippen molar-refractivity contribution in [2.24, 2.45) is 0 Å². The van der Waals surface area contributed by atoms with Crippen LogP contribution in [-0.4, -0.2) is 53.5 Å². The number of sulfone groups is 1. The maximum atomic E-state index is 11.5. The van der Waals surface area contributed by atoms with E-state index in [1.165, 1.54) is 0 Å². The monoisotopic (exact) mass is 318 g/mol. The zero-order valence-electron chi connectivity index (χ0n) is 11.3. The summed E-state index contributed by atoms with van der Waals surface area (Å²) in [7, 11) is -3.02. The molecule has 6 nitrogen and oxygen atoms in total. The molecule has 1 aromatic rings. The average Bonchev–Trinajstić information content (AvgIpc) is 2.94. The maximum absolute atomic E-state index is 11.5. The Morgan fingerprint density at radius 2 is 2.35 bits per heavy atom. The summed E-state index contributed by atoms with van der Waals surface area (Å²) in [5.74, 6) is -0.754. The molecule has 1 unspecified atom stereocenters. The predicted octanol–water partition coefficient (Wildman–Crippen LogP) is 0.779. The van der Waals surface area contributed by atoms with Crippen molar-refractivity contribution in [3.8, 4) is 0 Å². The van der Waals surface area contributed by atoms with Gasteiger partial charge < -0.3 is 5.11 Å². The van der Waals surface area contributed by atoms with Gasteiger partial charge in [0.25, 0.3) is 0 Å². The number of carboxylic acid groups (broad SMARTS) is 1. The number of aliphatic carboxylic acids is 1. The molecule has 1 fully saturated rings. The minimum absolute atomic E-state index is 0.0467. The Balaban J connectivity index is 2.09. The zero-order chi connectivity index (χ0) is 14.8. The van der Waals surface area contributed by atoms with Crippen LogP contribution in [0.1, 0.15) is 24.0 Å². The van der Waals surface area contributed by atoms with E-state index in [1.807, 2.05) is 12.3 Å². The molecule has 2 rings (SSSR count). The number of carboxylic acids is 1. The molecule has 1 aliphatic heterocycles. The molecule has 0 saturated carbocycles. The van der Waals surface area contributed by atoms with E-state index in [1.54, 1.807) is 16.2 Å². The van der Waals surface area contributed by atoms with Crippen molar-refractivity contribution in [3.63, 3.8) is 0 Å². The topological polar surface area (TPSA) is 87.6 Å². The van der Waals surface area contributed by atoms with Crippen molar-refractivity contribution in [1.82, 2.24) is 9.88 Å². The first-order chi connectivity index (χ1) is 9.39. The fourth-order valence-corrected chi connectivity index (χ4v) is 4.84. The Morgan fingerprint density at radius 1 is 1.60 bits per heavy atom. The Kier molecular flexibility index (Phi) is 4.77. The molecule has 112 valence electrons. The highest BCUT2D eigenvalue weighted by Crippen LogP contribution is 2.20. The lowest BCUT2D eigenvalue weighted by atomic mass is 10.2. The predicted molar refractivity (Wildman–Crippen MR) is 76.6 cm³/mol. The molecule has 1 aromatic heterocycles. The van der Waals surface area contributed by atoms with Crippen LogP contribution in [-0.2, 0) is 27.6 Å². The first-order valence-corrected chi connectivity index (χ1v) is 9.19. The van der Waals surface area contributed by atoms with Crippen LogP contribution in [0.3, 0.4) is 0 Å². The van der Waals surface area contributed by atoms with E-state index in [2.05, 4.69) is 4.98 Å². The maximum Gasteiger partial charge on any atom is 0.317 e. The highest BCUT2D eigenvalue weighted by atomic mass is 32.2. The van der Waals surface area contributed by atoms with Gasteiger partial charge in [-0.2, -0.15) is 0 Å². The Labute approximate surface area is 122 Å². The molecule has 1 aliphatic rings. The Bertz CT molecular complexity index is 582. The van der Waals surface area contributed by atoms with Crippen LogP contribution in [0.4, 0.5) is 0 Å². The van der Waals surface area contributed by atoms with Gasteiger partial charge in [-0.25, -0.2) is 13.4 Å². The highest BCUT2D eigenvalue weighted by Gasteiger charge is 2.33. The fourth-order valence-electron chi connectivity index (χ4n) is 2.34. The van der Waals surface area contributed by atoms with E-state index in [4.69, 9.17) is 5.11 Å². The van der Waals surface area contributed by atoms with Gasteiger partial charge in [-0.05, 0) is 12.8 Å². The average molecular weight is 318 g/mol.